The van der Waals surface area contributed by atoms with E-state index in [0.717, 1.165) is 46.7 Å². The van der Waals surface area contributed by atoms with Gasteiger partial charge in [-0.15, -0.1) is 11.3 Å². The van der Waals surface area contributed by atoms with Gasteiger partial charge in [0.1, 0.15) is 10.6 Å². The summed E-state index contributed by atoms with van der Waals surface area (Å²) in [5.74, 6) is 0.826. The van der Waals surface area contributed by atoms with E-state index in [1.807, 2.05) is 24.3 Å². The number of nitrogens with zero attached hydrogens (tertiary/aromatic N) is 4. The minimum atomic E-state index is 0.241. The summed E-state index contributed by atoms with van der Waals surface area (Å²) in [4.78, 5) is 24.6. The lowest BCUT2D eigenvalue weighted by molar-refractivity contribution is -0.118. The Morgan fingerprint density at radius 2 is 1.76 bits per heavy atom. The average molecular weight is 393 g/mol. The van der Waals surface area contributed by atoms with Crippen LogP contribution < -0.4 is 4.90 Å². The predicted octanol–water partition coefficient (Wildman–Crippen LogP) is 3.94. The number of hydrogen-bond acceptors (Lipinski definition) is 5. The van der Waals surface area contributed by atoms with E-state index in [1.54, 1.807) is 16.2 Å². The van der Waals surface area contributed by atoms with Crippen molar-refractivity contribution in [3.05, 3.63) is 40.0 Å². The van der Waals surface area contributed by atoms with Crippen LogP contribution in [0.3, 0.4) is 0 Å². The Hall–Kier alpha value is -1.89. The Morgan fingerprint density at radius 3 is 2.44 bits per heavy atom. The van der Waals surface area contributed by atoms with E-state index in [-0.39, 0.29) is 5.28 Å². The number of hydrogen-bond donors (Lipinski definition) is 0. The van der Waals surface area contributed by atoms with E-state index in [4.69, 9.17) is 23.2 Å². The van der Waals surface area contributed by atoms with Gasteiger partial charge in [0.25, 0.3) is 0 Å². The van der Waals surface area contributed by atoms with Crippen LogP contribution in [0.1, 0.15) is 0 Å². The molecule has 0 radical (unpaired) electrons. The highest BCUT2D eigenvalue weighted by Crippen LogP contribution is 2.39. The molecule has 0 atom stereocenters. The van der Waals surface area contributed by atoms with E-state index in [2.05, 4.69) is 20.2 Å². The maximum atomic E-state index is 10.9. The Kier molecular flexibility index (Phi) is 4.50. The van der Waals surface area contributed by atoms with Crippen molar-refractivity contribution in [3.63, 3.8) is 0 Å². The number of carbonyl (C=O) groups is 1. The Labute approximate surface area is 158 Å². The van der Waals surface area contributed by atoms with Crippen molar-refractivity contribution < 1.29 is 4.79 Å². The lowest BCUT2D eigenvalue weighted by atomic mass is 10.1. The van der Waals surface area contributed by atoms with Gasteiger partial charge in [-0.3, -0.25) is 4.79 Å². The maximum absolute atomic E-state index is 10.9. The number of halogens is 2. The van der Waals surface area contributed by atoms with Gasteiger partial charge in [0.15, 0.2) is 0 Å². The van der Waals surface area contributed by atoms with Crippen LogP contribution in [0.15, 0.2) is 29.6 Å². The molecule has 3 heterocycles. The highest BCUT2D eigenvalue weighted by molar-refractivity contribution is 7.17. The predicted molar refractivity (Wildman–Crippen MR) is 103 cm³/mol. The highest BCUT2D eigenvalue weighted by atomic mass is 35.5. The number of amides is 1. The zero-order chi connectivity index (χ0) is 17.4. The zero-order valence-corrected chi connectivity index (χ0v) is 15.5. The summed E-state index contributed by atoms with van der Waals surface area (Å²) in [5, 5.41) is 4.01. The second-order valence-electron chi connectivity index (χ2n) is 5.78. The fraction of sp³-hybridized carbons (Fsp3) is 0.235. The van der Waals surface area contributed by atoms with Crippen molar-refractivity contribution in [1.82, 2.24) is 14.9 Å². The summed E-state index contributed by atoms with van der Waals surface area (Å²) in [5.41, 5.74) is 2.13. The molecule has 5 nitrogen and oxygen atoms in total. The van der Waals surface area contributed by atoms with Crippen molar-refractivity contribution in [2.45, 2.75) is 0 Å². The average Bonchev–Trinajstić information content (AvgIpc) is 3.05. The van der Waals surface area contributed by atoms with E-state index >= 15 is 0 Å². The van der Waals surface area contributed by atoms with Crippen LogP contribution in [0.25, 0.3) is 21.3 Å². The molecule has 4 rings (SSSR count). The lowest BCUT2D eigenvalue weighted by Gasteiger charge is -2.33. The molecular formula is C17H14Cl2N4OS. The minimum Gasteiger partial charge on any atom is -0.352 e. The molecule has 1 aromatic carbocycles. The fourth-order valence-electron chi connectivity index (χ4n) is 3.01. The molecule has 3 aromatic rings. The first kappa shape index (κ1) is 16.6. The Bertz CT molecular complexity index is 920. The quantitative estimate of drug-likeness (QED) is 0.500. The molecular weight excluding hydrogens is 379 g/mol. The SMILES string of the molecule is O=CN1CCN(c2nc(Cl)nc3scc(-c4ccc(Cl)cc4)c23)CC1. The summed E-state index contributed by atoms with van der Waals surface area (Å²) < 4.78 is 0. The van der Waals surface area contributed by atoms with Crippen molar-refractivity contribution in [1.29, 1.82) is 0 Å². The molecule has 0 spiro atoms. The first-order valence-corrected chi connectivity index (χ1v) is 9.44. The number of thiophene rings is 1. The number of anilines is 1. The standard InChI is InChI=1S/C17H14Cl2N4OS/c18-12-3-1-11(2-4-12)13-9-25-16-14(13)15(20-17(19)21-16)23-7-5-22(10-24)6-8-23/h1-4,9-10H,5-8H2. The molecule has 0 N–H and O–H groups in total. The molecule has 8 heteroatoms. The number of rotatable bonds is 3. The lowest BCUT2D eigenvalue weighted by Crippen LogP contribution is -2.46. The Morgan fingerprint density at radius 1 is 1.04 bits per heavy atom. The molecule has 128 valence electrons. The summed E-state index contributed by atoms with van der Waals surface area (Å²) >= 11 is 13.7. The van der Waals surface area contributed by atoms with Gasteiger partial charge in [0.2, 0.25) is 11.7 Å². The number of benzene rings is 1. The van der Waals surface area contributed by atoms with Crippen LogP contribution in [0.4, 0.5) is 5.82 Å². The van der Waals surface area contributed by atoms with Gasteiger partial charge >= 0.3 is 0 Å². The topological polar surface area (TPSA) is 49.3 Å². The van der Waals surface area contributed by atoms with Crippen LogP contribution in [-0.4, -0.2) is 47.5 Å². The monoisotopic (exact) mass is 392 g/mol. The third-order valence-corrected chi connectivity index (χ3v) is 5.60. The zero-order valence-electron chi connectivity index (χ0n) is 13.2. The third kappa shape index (κ3) is 3.17. The second-order valence-corrected chi connectivity index (χ2v) is 7.41. The summed E-state index contributed by atoms with van der Waals surface area (Å²) in [6, 6.07) is 7.73. The third-order valence-electron chi connectivity index (χ3n) is 4.31. The molecule has 1 amide bonds. The van der Waals surface area contributed by atoms with Crippen LogP contribution in [0.5, 0.6) is 0 Å². The molecule has 25 heavy (non-hydrogen) atoms. The van der Waals surface area contributed by atoms with Crippen molar-refractivity contribution in [2.24, 2.45) is 0 Å². The molecule has 1 aliphatic heterocycles. The van der Waals surface area contributed by atoms with E-state index in [9.17, 15) is 4.79 Å². The molecule has 1 fully saturated rings. The smallest absolute Gasteiger partial charge is 0.225 e. The van der Waals surface area contributed by atoms with Gasteiger partial charge in [-0.05, 0) is 29.3 Å². The molecule has 1 aliphatic rings. The molecule has 0 bridgehead atoms. The molecule has 0 saturated carbocycles. The molecule has 0 unspecified atom stereocenters. The first-order valence-electron chi connectivity index (χ1n) is 7.80. The normalized spacial score (nSPS) is 15.0. The minimum absolute atomic E-state index is 0.241. The maximum Gasteiger partial charge on any atom is 0.225 e. The van der Waals surface area contributed by atoms with Crippen LogP contribution in [0, 0.1) is 0 Å². The fourth-order valence-corrected chi connectivity index (χ4v) is 4.29. The van der Waals surface area contributed by atoms with Crippen molar-refractivity contribution in [3.8, 4) is 11.1 Å². The van der Waals surface area contributed by atoms with Crippen LogP contribution >= 0.6 is 34.5 Å². The Balaban J connectivity index is 1.81. The van der Waals surface area contributed by atoms with Gasteiger partial charge in [-0.1, -0.05) is 23.7 Å². The number of fused-ring (bicyclic) bond motifs is 1. The van der Waals surface area contributed by atoms with Crippen molar-refractivity contribution >= 4 is 57.0 Å². The summed E-state index contributed by atoms with van der Waals surface area (Å²) in [6.07, 6.45) is 0.892. The molecule has 1 saturated heterocycles. The number of carbonyl (C=O) groups excluding carboxylic acids is 1. The van der Waals surface area contributed by atoms with Crippen LogP contribution in [0.2, 0.25) is 10.3 Å². The van der Waals surface area contributed by atoms with Gasteiger partial charge in [-0.2, -0.15) is 4.98 Å². The van der Waals surface area contributed by atoms with Crippen molar-refractivity contribution in [2.75, 3.05) is 31.1 Å². The second kappa shape index (κ2) is 6.78. The van der Waals surface area contributed by atoms with Gasteiger partial charge < -0.3 is 9.80 Å². The summed E-state index contributed by atoms with van der Waals surface area (Å²) in [6.45, 7) is 2.79. The summed E-state index contributed by atoms with van der Waals surface area (Å²) in [7, 11) is 0. The van der Waals surface area contributed by atoms with Gasteiger partial charge in [0, 0.05) is 42.1 Å². The highest BCUT2D eigenvalue weighted by Gasteiger charge is 2.22. The van der Waals surface area contributed by atoms with Gasteiger partial charge in [0.05, 0.1) is 5.39 Å². The van der Waals surface area contributed by atoms with E-state index < -0.39 is 0 Å². The number of aromatic nitrogens is 2. The van der Waals surface area contributed by atoms with E-state index in [1.165, 1.54) is 0 Å². The van der Waals surface area contributed by atoms with E-state index in [0.29, 0.717) is 18.1 Å². The largest absolute Gasteiger partial charge is 0.352 e. The van der Waals surface area contributed by atoms with Gasteiger partial charge in [-0.25, -0.2) is 4.98 Å². The molecule has 2 aromatic heterocycles. The number of piperazine rings is 1. The molecule has 0 aliphatic carbocycles. The van der Waals surface area contributed by atoms with Crippen LogP contribution in [-0.2, 0) is 4.79 Å². The first-order chi connectivity index (χ1) is 12.2.